The van der Waals surface area contributed by atoms with Crippen LogP contribution in [0.25, 0.3) is 0 Å². The van der Waals surface area contributed by atoms with Crippen LogP contribution in [0.5, 0.6) is 0 Å². The largest absolute Gasteiger partial charge is 0.391 e. The van der Waals surface area contributed by atoms with Crippen LogP contribution in [0.1, 0.15) is 36.1 Å². The minimum Gasteiger partial charge on any atom is -0.391 e. The molecule has 124 valence electrons. The molecule has 2 rings (SSSR count). The maximum absolute atomic E-state index is 9.05. The monoisotopic (exact) mass is 321 g/mol. The number of rotatable bonds is 7. The van der Waals surface area contributed by atoms with Crippen LogP contribution in [0.2, 0.25) is 0 Å². The van der Waals surface area contributed by atoms with Gasteiger partial charge in [-0.2, -0.15) is 5.26 Å². The third kappa shape index (κ3) is 4.36. The van der Waals surface area contributed by atoms with Gasteiger partial charge in [0.2, 0.25) is 0 Å². The van der Waals surface area contributed by atoms with Gasteiger partial charge in [0, 0.05) is 24.3 Å². The highest BCUT2D eigenvalue weighted by molar-refractivity contribution is 5.82. The van der Waals surface area contributed by atoms with Crippen molar-refractivity contribution in [2.24, 2.45) is 5.16 Å². The van der Waals surface area contributed by atoms with E-state index in [2.05, 4.69) is 55.1 Å². The molecule has 4 nitrogen and oxygen atoms in total. The Morgan fingerprint density at radius 1 is 1.17 bits per heavy atom. The van der Waals surface area contributed by atoms with Crippen LogP contribution in [0.15, 0.2) is 47.6 Å². The molecule has 0 saturated carbocycles. The second-order valence-corrected chi connectivity index (χ2v) is 5.49. The summed E-state index contributed by atoms with van der Waals surface area (Å²) in [6.07, 6.45) is 1.72. The average Bonchev–Trinajstić information content (AvgIpc) is 2.61. The third-order valence-corrected chi connectivity index (χ3v) is 4.01. The van der Waals surface area contributed by atoms with E-state index in [9.17, 15) is 0 Å². The summed E-state index contributed by atoms with van der Waals surface area (Å²) in [6.45, 7) is 8.65. The Balaban J connectivity index is 2.01. The smallest absolute Gasteiger partial charge is 0.143 e. The summed E-state index contributed by atoms with van der Waals surface area (Å²) in [5.74, 6) is 0. The molecule has 2 aromatic carbocycles. The van der Waals surface area contributed by atoms with Gasteiger partial charge in [0.25, 0.3) is 0 Å². The fraction of sp³-hybridized carbons (Fsp3) is 0.300. The lowest BCUT2D eigenvalue weighted by molar-refractivity contribution is 0.132. The van der Waals surface area contributed by atoms with Gasteiger partial charge in [0.1, 0.15) is 6.61 Å². The van der Waals surface area contributed by atoms with Crippen LogP contribution in [-0.2, 0) is 11.4 Å². The van der Waals surface area contributed by atoms with Crippen LogP contribution in [0.4, 0.5) is 5.69 Å². The molecular formula is C20H23N3O. The molecule has 0 aliphatic heterocycles. The van der Waals surface area contributed by atoms with Gasteiger partial charge in [-0.15, -0.1) is 0 Å². The quantitative estimate of drug-likeness (QED) is 0.565. The molecular weight excluding hydrogens is 298 g/mol. The zero-order chi connectivity index (χ0) is 17.4. The maximum atomic E-state index is 9.05. The maximum Gasteiger partial charge on any atom is 0.143 e. The highest BCUT2D eigenvalue weighted by atomic mass is 16.6. The van der Waals surface area contributed by atoms with Gasteiger partial charge in [0.05, 0.1) is 17.8 Å². The number of aryl methyl sites for hydroxylation is 1. The molecule has 0 amide bonds. The molecule has 0 spiro atoms. The van der Waals surface area contributed by atoms with E-state index in [-0.39, 0.29) is 6.61 Å². The topological polar surface area (TPSA) is 48.6 Å². The summed E-state index contributed by atoms with van der Waals surface area (Å²) < 4.78 is 0. The molecule has 0 aliphatic carbocycles. The number of hydrogen-bond donors (Lipinski definition) is 0. The third-order valence-electron chi connectivity index (χ3n) is 4.01. The first-order chi connectivity index (χ1) is 11.7. The first kappa shape index (κ1) is 17.6. The van der Waals surface area contributed by atoms with Gasteiger partial charge in [-0.3, -0.25) is 0 Å². The van der Waals surface area contributed by atoms with Crippen LogP contribution < -0.4 is 4.90 Å². The van der Waals surface area contributed by atoms with E-state index < -0.39 is 0 Å². The van der Waals surface area contributed by atoms with Gasteiger partial charge in [-0.25, -0.2) is 0 Å². The van der Waals surface area contributed by atoms with Crippen molar-refractivity contribution >= 4 is 11.9 Å². The van der Waals surface area contributed by atoms with Crippen molar-refractivity contribution in [3.63, 3.8) is 0 Å². The van der Waals surface area contributed by atoms with Crippen molar-refractivity contribution in [1.29, 1.82) is 5.26 Å². The Morgan fingerprint density at radius 2 is 1.92 bits per heavy atom. The molecule has 0 bridgehead atoms. The van der Waals surface area contributed by atoms with E-state index >= 15 is 0 Å². The number of nitriles is 1. The predicted octanol–water partition coefficient (Wildman–Crippen LogP) is 4.26. The fourth-order valence-electron chi connectivity index (χ4n) is 2.55. The molecule has 0 atom stereocenters. The summed E-state index contributed by atoms with van der Waals surface area (Å²) >= 11 is 0. The summed E-state index contributed by atoms with van der Waals surface area (Å²) in [4.78, 5) is 7.66. The molecule has 0 radical (unpaired) electrons. The van der Waals surface area contributed by atoms with Gasteiger partial charge < -0.3 is 9.74 Å². The second kappa shape index (κ2) is 8.73. The molecule has 0 aliphatic rings. The highest BCUT2D eigenvalue weighted by Crippen LogP contribution is 2.18. The Labute approximate surface area is 144 Å². The van der Waals surface area contributed by atoms with E-state index in [0.29, 0.717) is 5.56 Å². The van der Waals surface area contributed by atoms with Crippen molar-refractivity contribution in [1.82, 2.24) is 0 Å². The summed E-state index contributed by atoms with van der Waals surface area (Å²) in [7, 11) is 0. The normalized spacial score (nSPS) is 10.6. The van der Waals surface area contributed by atoms with Crippen LogP contribution in [0, 0.1) is 18.3 Å². The Bertz CT molecular complexity index is 743. The van der Waals surface area contributed by atoms with Crippen molar-refractivity contribution < 1.29 is 4.84 Å². The number of nitrogens with zero attached hydrogens (tertiary/aromatic N) is 3. The van der Waals surface area contributed by atoms with Gasteiger partial charge in [0.15, 0.2) is 0 Å². The van der Waals surface area contributed by atoms with Crippen molar-refractivity contribution in [3.8, 4) is 6.07 Å². The molecule has 0 aromatic heterocycles. The lowest BCUT2D eigenvalue weighted by Crippen LogP contribution is -2.21. The van der Waals surface area contributed by atoms with Gasteiger partial charge in [-0.05, 0) is 50.1 Å². The lowest BCUT2D eigenvalue weighted by atomic mass is 10.1. The highest BCUT2D eigenvalue weighted by Gasteiger charge is 2.04. The molecule has 0 N–H and O–H groups in total. The Kier molecular flexibility index (Phi) is 6.39. The molecule has 4 heteroatoms. The van der Waals surface area contributed by atoms with Crippen molar-refractivity contribution in [3.05, 3.63) is 64.7 Å². The van der Waals surface area contributed by atoms with Crippen LogP contribution in [0.3, 0.4) is 0 Å². The minimum absolute atomic E-state index is 0.289. The molecule has 2 aromatic rings. The van der Waals surface area contributed by atoms with Crippen LogP contribution >= 0.6 is 0 Å². The molecule has 0 fully saturated rings. The van der Waals surface area contributed by atoms with E-state index in [1.165, 1.54) is 5.69 Å². The number of oxime groups is 1. The molecule has 0 unspecified atom stereocenters. The van der Waals surface area contributed by atoms with Gasteiger partial charge in [-0.1, -0.05) is 29.4 Å². The van der Waals surface area contributed by atoms with E-state index in [1.807, 2.05) is 18.2 Å². The molecule has 24 heavy (non-hydrogen) atoms. The van der Waals surface area contributed by atoms with Crippen molar-refractivity contribution in [2.75, 3.05) is 18.0 Å². The number of hydrogen-bond acceptors (Lipinski definition) is 4. The number of anilines is 1. The van der Waals surface area contributed by atoms with Crippen molar-refractivity contribution in [2.45, 2.75) is 27.4 Å². The first-order valence-corrected chi connectivity index (χ1v) is 8.18. The SMILES string of the molecule is CCN(CC)c1ccc(/C=N\OCc2ccccc2C#N)c(C)c1. The summed E-state index contributed by atoms with van der Waals surface area (Å²) in [5, 5.41) is 13.1. The standard InChI is InChI=1S/C20H23N3O/c1-4-23(5-2)20-11-10-18(16(3)12-20)14-22-24-15-19-9-7-6-8-17(19)13-21/h6-12,14H,4-5,15H2,1-3H3/b22-14-. The lowest BCUT2D eigenvalue weighted by Gasteiger charge is -2.21. The molecule has 0 saturated heterocycles. The summed E-state index contributed by atoms with van der Waals surface area (Å²) in [6, 6.07) is 15.9. The first-order valence-electron chi connectivity index (χ1n) is 8.18. The fourth-order valence-corrected chi connectivity index (χ4v) is 2.55. The van der Waals surface area contributed by atoms with Crippen LogP contribution in [-0.4, -0.2) is 19.3 Å². The zero-order valence-corrected chi connectivity index (χ0v) is 14.5. The minimum atomic E-state index is 0.289. The Morgan fingerprint density at radius 3 is 2.58 bits per heavy atom. The predicted molar refractivity (Wildman–Crippen MR) is 98.3 cm³/mol. The zero-order valence-electron chi connectivity index (χ0n) is 14.5. The average molecular weight is 321 g/mol. The van der Waals surface area contributed by atoms with E-state index in [4.69, 9.17) is 10.1 Å². The number of benzene rings is 2. The van der Waals surface area contributed by atoms with E-state index in [1.54, 1.807) is 12.3 Å². The van der Waals surface area contributed by atoms with Gasteiger partial charge >= 0.3 is 0 Å². The summed E-state index contributed by atoms with van der Waals surface area (Å²) in [5.41, 5.74) is 4.86. The molecule has 0 heterocycles. The Hall–Kier alpha value is -2.80. The second-order valence-electron chi connectivity index (χ2n) is 5.49. The van der Waals surface area contributed by atoms with E-state index in [0.717, 1.165) is 29.8 Å².